The third kappa shape index (κ3) is 5.89. The number of hydrogen-bond donors (Lipinski definition) is 1. The molecule has 0 spiro atoms. The molecule has 0 bridgehead atoms. The molecule has 0 aromatic heterocycles. The minimum atomic E-state index is -0.307. The van der Waals surface area contributed by atoms with Gasteiger partial charge in [0.15, 0.2) is 0 Å². The highest BCUT2D eigenvalue weighted by molar-refractivity contribution is 5.94. The fraction of sp³-hybridized carbons (Fsp3) is 0.417. The normalized spacial score (nSPS) is 14.7. The Morgan fingerprint density at radius 2 is 1.73 bits per heavy atom. The Morgan fingerprint density at radius 1 is 1.07 bits per heavy atom. The predicted octanol–water partition coefficient (Wildman–Crippen LogP) is 3.46. The lowest BCUT2D eigenvalue weighted by Gasteiger charge is -2.38. The van der Waals surface area contributed by atoms with Gasteiger partial charge in [-0.1, -0.05) is 43.3 Å². The van der Waals surface area contributed by atoms with Crippen molar-refractivity contribution in [1.29, 1.82) is 0 Å². The number of hydrogen-bond acceptors (Lipinski definition) is 3. The van der Waals surface area contributed by atoms with Crippen molar-refractivity contribution in [2.75, 3.05) is 26.2 Å². The van der Waals surface area contributed by atoms with Crippen molar-refractivity contribution in [2.45, 2.75) is 38.8 Å². The number of carbonyl (C=O) groups excluding carboxylic acids is 2. The van der Waals surface area contributed by atoms with Gasteiger partial charge in [0, 0.05) is 36.8 Å². The maximum Gasteiger partial charge on any atom is 0.253 e. The zero-order valence-corrected chi connectivity index (χ0v) is 17.5. The van der Waals surface area contributed by atoms with Crippen LogP contribution in [0.3, 0.4) is 0 Å². The highest BCUT2D eigenvalue weighted by Gasteiger charge is 2.28. The maximum atomic E-state index is 13.7. The molecule has 1 saturated heterocycles. The predicted molar refractivity (Wildman–Crippen MR) is 115 cm³/mol. The second-order valence-corrected chi connectivity index (χ2v) is 7.73. The van der Waals surface area contributed by atoms with E-state index >= 15 is 0 Å². The Morgan fingerprint density at radius 3 is 2.40 bits per heavy atom. The fourth-order valence-corrected chi connectivity index (χ4v) is 3.95. The Balaban J connectivity index is 1.51. The zero-order valence-electron chi connectivity index (χ0n) is 17.5. The summed E-state index contributed by atoms with van der Waals surface area (Å²) in [7, 11) is 0. The minimum Gasteiger partial charge on any atom is -0.351 e. The number of rotatable bonds is 8. The van der Waals surface area contributed by atoms with Gasteiger partial charge in [0.1, 0.15) is 5.82 Å². The molecule has 1 aliphatic heterocycles. The van der Waals surface area contributed by atoms with E-state index in [0.29, 0.717) is 30.8 Å². The van der Waals surface area contributed by atoms with Crippen LogP contribution in [0.1, 0.15) is 42.1 Å². The Labute approximate surface area is 177 Å². The van der Waals surface area contributed by atoms with Gasteiger partial charge in [-0.2, -0.15) is 0 Å². The van der Waals surface area contributed by atoms with Crippen LogP contribution in [0.2, 0.25) is 0 Å². The molecular weight excluding hydrogens is 381 g/mol. The standard InChI is InChI=1S/C24H30FN3O2/c1-2-14-28(18-23(29)26-17-20-10-6-7-11-22(20)25)21-12-15-27(16-13-21)24(30)19-8-4-3-5-9-19/h3-11,21H,2,12-18H2,1H3,(H,26,29). The Bertz CT molecular complexity index is 835. The van der Waals surface area contributed by atoms with Crippen molar-refractivity contribution in [2.24, 2.45) is 0 Å². The van der Waals surface area contributed by atoms with E-state index in [9.17, 15) is 14.0 Å². The van der Waals surface area contributed by atoms with Gasteiger partial charge in [-0.15, -0.1) is 0 Å². The summed E-state index contributed by atoms with van der Waals surface area (Å²) in [5, 5.41) is 2.83. The monoisotopic (exact) mass is 411 g/mol. The summed E-state index contributed by atoms with van der Waals surface area (Å²) < 4.78 is 13.7. The molecule has 160 valence electrons. The minimum absolute atomic E-state index is 0.0683. The SMILES string of the molecule is CCCN(CC(=O)NCc1ccccc1F)C1CCN(C(=O)c2ccccc2)CC1. The molecule has 1 N–H and O–H groups in total. The molecule has 5 nitrogen and oxygen atoms in total. The molecule has 2 aromatic rings. The number of nitrogens with one attached hydrogen (secondary N) is 1. The summed E-state index contributed by atoms with van der Waals surface area (Å²) in [6.07, 6.45) is 2.64. The first-order valence-electron chi connectivity index (χ1n) is 10.7. The van der Waals surface area contributed by atoms with Gasteiger partial charge in [-0.25, -0.2) is 4.39 Å². The first-order chi connectivity index (χ1) is 14.6. The van der Waals surface area contributed by atoms with E-state index in [1.807, 2.05) is 35.2 Å². The largest absolute Gasteiger partial charge is 0.351 e. The summed E-state index contributed by atoms with van der Waals surface area (Å²) in [5.41, 5.74) is 1.20. The number of carbonyl (C=O) groups is 2. The van der Waals surface area contributed by atoms with Gasteiger partial charge in [0.05, 0.1) is 6.54 Å². The van der Waals surface area contributed by atoms with E-state index in [1.165, 1.54) is 6.07 Å². The van der Waals surface area contributed by atoms with E-state index in [1.54, 1.807) is 18.2 Å². The fourth-order valence-electron chi connectivity index (χ4n) is 3.95. The zero-order chi connectivity index (χ0) is 21.3. The lowest BCUT2D eigenvalue weighted by atomic mass is 10.0. The topological polar surface area (TPSA) is 52.7 Å². The third-order valence-electron chi connectivity index (χ3n) is 5.58. The van der Waals surface area contributed by atoms with Gasteiger partial charge < -0.3 is 10.2 Å². The molecule has 0 unspecified atom stereocenters. The van der Waals surface area contributed by atoms with Crippen molar-refractivity contribution < 1.29 is 14.0 Å². The average Bonchev–Trinajstić information content (AvgIpc) is 2.78. The van der Waals surface area contributed by atoms with Crippen molar-refractivity contribution in [3.05, 3.63) is 71.5 Å². The lowest BCUT2D eigenvalue weighted by Crippen LogP contribution is -2.49. The van der Waals surface area contributed by atoms with E-state index in [2.05, 4.69) is 17.1 Å². The molecule has 6 heteroatoms. The first-order valence-corrected chi connectivity index (χ1v) is 10.7. The van der Waals surface area contributed by atoms with Crippen LogP contribution in [0.25, 0.3) is 0 Å². The molecule has 0 radical (unpaired) electrons. The van der Waals surface area contributed by atoms with Crippen LogP contribution in [0.5, 0.6) is 0 Å². The summed E-state index contributed by atoms with van der Waals surface area (Å²) in [6.45, 7) is 4.78. The summed E-state index contributed by atoms with van der Waals surface area (Å²) in [4.78, 5) is 29.2. The van der Waals surface area contributed by atoms with Crippen LogP contribution in [0.15, 0.2) is 54.6 Å². The molecule has 3 rings (SSSR count). The lowest BCUT2D eigenvalue weighted by molar-refractivity contribution is -0.123. The second kappa shape index (κ2) is 10.9. The number of halogens is 1. The molecule has 30 heavy (non-hydrogen) atoms. The molecule has 0 atom stereocenters. The molecule has 1 heterocycles. The quantitative estimate of drug-likeness (QED) is 0.724. The molecule has 2 amide bonds. The molecule has 0 aliphatic carbocycles. The van der Waals surface area contributed by atoms with E-state index in [0.717, 1.165) is 25.8 Å². The van der Waals surface area contributed by atoms with Crippen LogP contribution in [-0.2, 0) is 11.3 Å². The molecule has 1 aliphatic rings. The van der Waals surface area contributed by atoms with E-state index < -0.39 is 0 Å². The molecular formula is C24H30FN3O2. The number of amides is 2. The van der Waals surface area contributed by atoms with Crippen LogP contribution < -0.4 is 5.32 Å². The number of benzene rings is 2. The van der Waals surface area contributed by atoms with Crippen LogP contribution >= 0.6 is 0 Å². The molecule has 0 saturated carbocycles. The highest BCUT2D eigenvalue weighted by Crippen LogP contribution is 2.19. The smallest absolute Gasteiger partial charge is 0.253 e. The molecule has 2 aromatic carbocycles. The number of piperidine rings is 1. The Kier molecular flexibility index (Phi) is 7.97. The first kappa shape index (κ1) is 22.0. The summed E-state index contributed by atoms with van der Waals surface area (Å²) >= 11 is 0. The summed E-state index contributed by atoms with van der Waals surface area (Å²) in [5.74, 6) is -0.341. The second-order valence-electron chi connectivity index (χ2n) is 7.73. The van der Waals surface area contributed by atoms with Crippen LogP contribution in [0, 0.1) is 5.82 Å². The van der Waals surface area contributed by atoms with Crippen molar-refractivity contribution in [1.82, 2.24) is 15.1 Å². The van der Waals surface area contributed by atoms with Gasteiger partial charge in [-0.3, -0.25) is 14.5 Å². The molecule has 1 fully saturated rings. The van der Waals surface area contributed by atoms with Crippen molar-refractivity contribution in [3.63, 3.8) is 0 Å². The van der Waals surface area contributed by atoms with Gasteiger partial charge in [0.2, 0.25) is 5.91 Å². The average molecular weight is 412 g/mol. The third-order valence-corrected chi connectivity index (χ3v) is 5.58. The summed E-state index contributed by atoms with van der Waals surface area (Å²) in [6, 6.07) is 16.1. The van der Waals surface area contributed by atoms with Gasteiger partial charge in [0.25, 0.3) is 5.91 Å². The van der Waals surface area contributed by atoms with Crippen LogP contribution in [-0.4, -0.2) is 53.8 Å². The highest BCUT2D eigenvalue weighted by atomic mass is 19.1. The maximum absolute atomic E-state index is 13.7. The van der Waals surface area contributed by atoms with Crippen molar-refractivity contribution >= 4 is 11.8 Å². The van der Waals surface area contributed by atoms with E-state index in [-0.39, 0.29) is 30.2 Å². The number of nitrogens with zero attached hydrogens (tertiary/aromatic N) is 2. The van der Waals surface area contributed by atoms with Crippen LogP contribution in [0.4, 0.5) is 4.39 Å². The van der Waals surface area contributed by atoms with Gasteiger partial charge in [-0.05, 0) is 44.0 Å². The Hall–Kier alpha value is -2.73. The van der Waals surface area contributed by atoms with Crippen molar-refractivity contribution in [3.8, 4) is 0 Å². The number of likely N-dealkylation sites (tertiary alicyclic amines) is 1. The van der Waals surface area contributed by atoms with E-state index in [4.69, 9.17) is 0 Å². The van der Waals surface area contributed by atoms with Gasteiger partial charge >= 0.3 is 0 Å².